The SMILES string of the molecule is CC(C)c1cccc2c1N(C)C(CC#N)CS2. The lowest BCUT2D eigenvalue weighted by Crippen LogP contribution is -2.37. The van der Waals surface area contributed by atoms with Crippen LogP contribution in [0.3, 0.4) is 0 Å². The van der Waals surface area contributed by atoms with E-state index < -0.39 is 0 Å². The summed E-state index contributed by atoms with van der Waals surface area (Å²) in [5, 5.41) is 8.88. The molecule has 0 amide bonds. The average molecular weight is 246 g/mol. The fraction of sp³-hybridized carbons (Fsp3) is 0.500. The van der Waals surface area contributed by atoms with E-state index in [2.05, 4.69) is 50.1 Å². The topological polar surface area (TPSA) is 27.0 Å². The first-order valence-electron chi connectivity index (χ1n) is 6.00. The van der Waals surface area contributed by atoms with Gasteiger partial charge in [0.25, 0.3) is 0 Å². The van der Waals surface area contributed by atoms with Gasteiger partial charge in [0.1, 0.15) is 0 Å². The van der Waals surface area contributed by atoms with E-state index in [0.29, 0.717) is 18.4 Å². The van der Waals surface area contributed by atoms with Crippen molar-refractivity contribution < 1.29 is 0 Å². The Morgan fingerprint density at radius 2 is 2.29 bits per heavy atom. The first-order chi connectivity index (χ1) is 8.15. The summed E-state index contributed by atoms with van der Waals surface area (Å²) >= 11 is 1.88. The van der Waals surface area contributed by atoms with Gasteiger partial charge in [-0.25, -0.2) is 0 Å². The molecule has 1 aromatic carbocycles. The van der Waals surface area contributed by atoms with E-state index in [9.17, 15) is 0 Å². The van der Waals surface area contributed by atoms with E-state index in [1.807, 2.05) is 11.8 Å². The lowest BCUT2D eigenvalue weighted by molar-refractivity contribution is 0.688. The maximum absolute atomic E-state index is 8.88. The minimum atomic E-state index is 0.345. The third kappa shape index (κ3) is 2.28. The van der Waals surface area contributed by atoms with E-state index in [1.165, 1.54) is 16.1 Å². The average Bonchev–Trinajstić information content (AvgIpc) is 2.32. The summed E-state index contributed by atoms with van der Waals surface area (Å²) in [6.07, 6.45) is 0.607. The number of rotatable bonds is 2. The molecule has 0 saturated heterocycles. The van der Waals surface area contributed by atoms with Gasteiger partial charge in [-0.1, -0.05) is 26.0 Å². The van der Waals surface area contributed by atoms with E-state index in [-0.39, 0.29) is 0 Å². The molecule has 0 aromatic heterocycles. The molecule has 0 fully saturated rings. The lowest BCUT2D eigenvalue weighted by atomic mass is 9.99. The van der Waals surface area contributed by atoms with Crippen molar-refractivity contribution in [2.45, 2.75) is 37.1 Å². The Morgan fingerprint density at radius 3 is 2.94 bits per heavy atom. The summed E-state index contributed by atoms with van der Waals surface area (Å²) in [5.41, 5.74) is 2.72. The predicted molar refractivity (Wildman–Crippen MR) is 73.7 cm³/mol. The molecule has 0 N–H and O–H groups in total. The van der Waals surface area contributed by atoms with Crippen LogP contribution in [0.2, 0.25) is 0 Å². The molecule has 17 heavy (non-hydrogen) atoms. The Bertz CT molecular complexity index is 448. The standard InChI is InChI=1S/C14H18N2S/c1-10(2)12-5-4-6-13-14(12)16(3)11(7-8-15)9-17-13/h4-6,10-11H,7,9H2,1-3H3. The number of nitrogens with zero attached hydrogens (tertiary/aromatic N) is 2. The fourth-order valence-corrected chi connectivity index (χ4v) is 3.57. The monoisotopic (exact) mass is 246 g/mol. The van der Waals surface area contributed by atoms with Crippen LogP contribution in [-0.4, -0.2) is 18.8 Å². The minimum absolute atomic E-state index is 0.345. The van der Waals surface area contributed by atoms with Gasteiger partial charge in [0.05, 0.1) is 24.2 Å². The smallest absolute Gasteiger partial charge is 0.0643 e. The van der Waals surface area contributed by atoms with E-state index in [1.54, 1.807) is 0 Å². The minimum Gasteiger partial charge on any atom is -0.369 e. The van der Waals surface area contributed by atoms with Crippen molar-refractivity contribution in [3.8, 4) is 6.07 Å². The Hall–Kier alpha value is -1.14. The fourth-order valence-electron chi connectivity index (χ4n) is 2.28. The first-order valence-corrected chi connectivity index (χ1v) is 6.99. The van der Waals surface area contributed by atoms with Crippen LogP contribution in [0.5, 0.6) is 0 Å². The quantitative estimate of drug-likeness (QED) is 0.797. The molecule has 0 bridgehead atoms. The molecule has 2 rings (SSSR count). The zero-order valence-corrected chi connectivity index (χ0v) is 11.4. The summed E-state index contributed by atoms with van der Waals surface area (Å²) in [6.45, 7) is 4.45. The highest BCUT2D eigenvalue weighted by atomic mass is 32.2. The number of fused-ring (bicyclic) bond motifs is 1. The van der Waals surface area contributed by atoms with Crippen LogP contribution in [-0.2, 0) is 0 Å². The second-order valence-corrected chi connectivity index (χ2v) is 5.85. The van der Waals surface area contributed by atoms with Crippen LogP contribution >= 0.6 is 11.8 Å². The highest BCUT2D eigenvalue weighted by molar-refractivity contribution is 7.99. The van der Waals surface area contributed by atoms with Gasteiger partial charge >= 0.3 is 0 Å². The molecule has 2 nitrogen and oxygen atoms in total. The lowest BCUT2D eigenvalue weighted by Gasteiger charge is -2.36. The Kier molecular flexibility index (Phi) is 3.63. The number of benzene rings is 1. The molecule has 1 atom stereocenters. The van der Waals surface area contributed by atoms with Crippen molar-refractivity contribution in [2.24, 2.45) is 0 Å². The predicted octanol–water partition coefficient (Wildman–Crippen LogP) is 3.63. The van der Waals surface area contributed by atoms with Gasteiger partial charge in [-0.05, 0) is 17.5 Å². The molecule has 1 unspecified atom stereocenters. The second-order valence-electron chi connectivity index (χ2n) is 4.79. The Morgan fingerprint density at radius 1 is 1.53 bits per heavy atom. The molecular formula is C14H18N2S. The zero-order valence-electron chi connectivity index (χ0n) is 10.6. The highest BCUT2D eigenvalue weighted by Gasteiger charge is 2.26. The third-order valence-corrected chi connectivity index (χ3v) is 4.50. The van der Waals surface area contributed by atoms with Crippen molar-refractivity contribution in [3.63, 3.8) is 0 Å². The maximum Gasteiger partial charge on any atom is 0.0643 e. The summed E-state index contributed by atoms with van der Waals surface area (Å²) in [6, 6.07) is 9.16. The summed E-state index contributed by atoms with van der Waals surface area (Å²) < 4.78 is 0. The van der Waals surface area contributed by atoms with E-state index in [4.69, 9.17) is 5.26 Å². The summed E-state index contributed by atoms with van der Waals surface area (Å²) in [7, 11) is 2.12. The Balaban J connectivity index is 2.42. The normalized spacial score (nSPS) is 19.0. The van der Waals surface area contributed by atoms with Crippen LogP contribution in [0.25, 0.3) is 0 Å². The van der Waals surface area contributed by atoms with Gasteiger partial charge in [0.15, 0.2) is 0 Å². The van der Waals surface area contributed by atoms with Crippen molar-refractivity contribution in [1.29, 1.82) is 5.26 Å². The molecule has 0 spiro atoms. The van der Waals surface area contributed by atoms with Crippen molar-refractivity contribution in [3.05, 3.63) is 23.8 Å². The van der Waals surface area contributed by atoms with Gasteiger partial charge in [-0.3, -0.25) is 0 Å². The third-order valence-electron chi connectivity index (χ3n) is 3.31. The van der Waals surface area contributed by atoms with Crippen LogP contribution < -0.4 is 4.90 Å². The first kappa shape index (κ1) is 12.3. The van der Waals surface area contributed by atoms with Crippen LogP contribution in [0, 0.1) is 11.3 Å². The molecule has 0 aliphatic carbocycles. The van der Waals surface area contributed by atoms with Crippen molar-refractivity contribution in [1.82, 2.24) is 0 Å². The molecule has 1 aliphatic rings. The van der Waals surface area contributed by atoms with Crippen LogP contribution in [0.15, 0.2) is 23.1 Å². The maximum atomic E-state index is 8.88. The van der Waals surface area contributed by atoms with E-state index in [0.717, 1.165) is 5.75 Å². The van der Waals surface area contributed by atoms with E-state index >= 15 is 0 Å². The molecule has 0 radical (unpaired) electrons. The largest absolute Gasteiger partial charge is 0.369 e. The molecule has 90 valence electrons. The number of hydrogen-bond donors (Lipinski definition) is 0. The molecule has 3 heteroatoms. The Labute approximate surface area is 108 Å². The number of thioether (sulfide) groups is 1. The number of nitriles is 1. The van der Waals surface area contributed by atoms with Crippen LogP contribution in [0.4, 0.5) is 5.69 Å². The van der Waals surface area contributed by atoms with Crippen molar-refractivity contribution >= 4 is 17.4 Å². The van der Waals surface area contributed by atoms with Gasteiger partial charge in [-0.2, -0.15) is 5.26 Å². The second kappa shape index (κ2) is 5.01. The molecule has 0 saturated carbocycles. The van der Waals surface area contributed by atoms with Crippen molar-refractivity contribution in [2.75, 3.05) is 17.7 Å². The number of para-hydroxylation sites is 1. The highest BCUT2D eigenvalue weighted by Crippen LogP contribution is 2.41. The summed E-state index contributed by atoms with van der Waals surface area (Å²) in [5.74, 6) is 1.53. The molecule has 1 aromatic rings. The van der Waals surface area contributed by atoms with Crippen LogP contribution in [0.1, 0.15) is 31.7 Å². The van der Waals surface area contributed by atoms with Gasteiger partial charge in [-0.15, -0.1) is 11.8 Å². The molecule has 1 aliphatic heterocycles. The molecule has 1 heterocycles. The summed E-state index contributed by atoms with van der Waals surface area (Å²) in [4.78, 5) is 3.65. The van der Waals surface area contributed by atoms with Gasteiger partial charge in [0, 0.05) is 17.7 Å². The zero-order chi connectivity index (χ0) is 12.4. The van der Waals surface area contributed by atoms with Gasteiger partial charge < -0.3 is 4.90 Å². The molecular weight excluding hydrogens is 228 g/mol. The number of anilines is 1. The van der Waals surface area contributed by atoms with Gasteiger partial charge in [0.2, 0.25) is 0 Å². The number of hydrogen-bond acceptors (Lipinski definition) is 3.